The lowest BCUT2D eigenvalue weighted by atomic mass is 10.0. The molecule has 0 bridgehead atoms. The lowest BCUT2D eigenvalue weighted by molar-refractivity contribution is 0.102. The Morgan fingerprint density at radius 1 is 1.00 bits per heavy atom. The summed E-state index contributed by atoms with van der Waals surface area (Å²) >= 11 is 0. The molecule has 2 aromatic rings. The number of benzene rings is 2. The highest BCUT2D eigenvalue weighted by Gasteiger charge is 2.13. The van der Waals surface area contributed by atoms with Crippen molar-refractivity contribution in [2.75, 3.05) is 16.3 Å². The second kappa shape index (κ2) is 7.49. The number of aryl methyl sites for hydroxylation is 2. The fraction of sp³-hybridized carbons (Fsp3) is 0.278. The van der Waals surface area contributed by atoms with Gasteiger partial charge in [-0.3, -0.25) is 9.52 Å². The molecular weight excluding hydrogens is 324 g/mol. The van der Waals surface area contributed by atoms with Crippen LogP contribution in [0.15, 0.2) is 42.5 Å². The molecule has 0 aliphatic carbocycles. The fourth-order valence-electron chi connectivity index (χ4n) is 2.53. The maximum absolute atomic E-state index is 12.6. The Bertz CT molecular complexity index is 823. The molecule has 0 aliphatic heterocycles. The third-order valence-corrected chi connectivity index (χ3v) is 4.27. The van der Waals surface area contributed by atoms with Gasteiger partial charge in [-0.05, 0) is 42.2 Å². The summed E-state index contributed by atoms with van der Waals surface area (Å²) in [4.78, 5) is 12.6. The van der Waals surface area contributed by atoms with Gasteiger partial charge in [-0.2, -0.15) is 0 Å². The first-order chi connectivity index (χ1) is 11.3. The molecule has 0 fully saturated rings. The van der Waals surface area contributed by atoms with E-state index < -0.39 is 10.0 Å². The van der Waals surface area contributed by atoms with Crippen molar-refractivity contribution in [3.63, 3.8) is 0 Å². The Kier molecular flexibility index (Phi) is 5.62. The number of rotatable bonds is 6. The zero-order chi connectivity index (χ0) is 17.7. The highest BCUT2D eigenvalue weighted by Crippen LogP contribution is 2.23. The van der Waals surface area contributed by atoms with Crippen LogP contribution in [0.5, 0.6) is 0 Å². The molecule has 2 rings (SSSR count). The van der Waals surface area contributed by atoms with E-state index in [0.29, 0.717) is 11.3 Å². The van der Waals surface area contributed by atoms with Crippen LogP contribution in [0.1, 0.15) is 35.3 Å². The lowest BCUT2D eigenvalue weighted by Gasteiger charge is -2.15. The third kappa shape index (κ3) is 4.58. The minimum atomic E-state index is -3.38. The van der Waals surface area contributed by atoms with Gasteiger partial charge in [0.2, 0.25) is 10.0 Å². The summed E-state index contributed by atoms with van der Waals surface area (Å²) in [6, 6.07) is 12.4. The number of carbonyl (C=O) groups excluding carboxylic acids is 1. The Hall–Kier alpha value is -2.34. The first-order valence-corrected chi connectivity index (χ1v) is 9.73. The molecule has 0 radical (unpaired) electrons. The standard InChI is InChI=1S/C18H22N2O3S/c1-4-13-8-6-9-14(5-2)17(13)19-18(21)15-10-7-11-16(12-15)20-24(3,22)23/h6-12,20H,4-5H2,1-3H3,(H,19,21). The van der Waals surface area contributed by atoms with Gasteiger partial charge in [0, 0.05) is 16.9 Å². The van der Waals surface area contributed by atoms with Crippen molar-refractivity contribution >= 4 is 27.3 Å². The topological polar surface area (TPSA) is 75.3 Å². The van der Waals surface area contributed by atoms with Crippen molar-refractivity contribution in [1.82, 2.24) is 0 Å². The predicted octanol–water partition coefficient (Wildman–Crippen LogP) is 3.44. The van der Waals surface area contributed by atoms with E-state index in [1.807, 2.05) is 32.0 Å². The highest BCUT2D eigenvalue weighted by molar-refractivity contribution is 7.92. The number of para-hydroxylation sites is 1. The number of amides is 1. The molecule has 128 valence electrons. The van der Waals surface area contributed by atoms with E-state index in [0.717, 1.165) is 35.9 Å². The lowest BCUT2D eigenvalue weighted by Crippen LogP contribution is -2.16. The van der Waals surface area contributed by atoms with Crippen molar-refractivity contribution in [2.24, 2.45) is 0 Å². The van der Waals surface area contributed by atoms with Gasteiger partial charge in [0.15, 0.2) is 0 Å². The summed E-state index contributed by atoms with van der Waals surface area (Å²) in [5.41, 5.74) is 3.76. The second-order valence-corrected chi connectivity index (χ2v) is 7.32. The van der Waals surface area contributed by atoms with Gasteiger partial charge < -0.3 is 5.32 Å². The van der Waals surface area contributed by atoms with E-state index in [2.05, 4.69) is 10.0 Å². The second-order valence-electron chi connectivity index (χ2n) is 5.57. The SMILES string of the molecule is CCc1cccc(CC)c1NC(=O)c1cccc(NS(C)(=O)=O)c1. The number of carbonyl (C=O) groups is 1. The number of anilines is 2. The molecule has 0 saturated carbocycles. The van der Waals surface area contributed by atoms with Crippen LogP contribution in [-0.4, -0.2) is 20.6 Å². The Labute approximate surface area is 143 Å². The molecule has 1 amide bonds. The van der Waals surface area contributed by atoms with Crippen LogP contribution in [0.4, 0.5) is 11.4 Å². The van der Waals surface area contributed by atoms with Crippen LogP contribution < -0.4 is 10.0 Å². The molecule has 6 heteroatoms. The van der Waals surface area contributed by atoms with E-state index in [4.69, 9.17) is 0 Å². The molecule has 0 spiro atoms. The summed E-state index contributed by atoms with van der Waals surface area (Å²) in [7, 11) is -3.38. The monoisotopic (exact) mass is 346 g/mol. The Morgan fingerprint density at radius 2 is 1.58 bits per heavy atom. The van der Waals surface area contributed by atoms with Gasteiger partial charge in [-0.1, -0.05) is 38.1 Å². The summed E-state index contributed by atoms with van der Waals surface area (Å²) in [6.45, 7) is 4.09. The Balaban J connectivity index is 2.30. The van der Waals surface area contributed by atoms with Crippen LogP contribution in [0.25, 0.3) is 0 Å². The summed E-state index contributed by atoms with van der Waals surface area (Å²) in [6.07, 6.45) is 2.71. The molecule has 5 nitrogen and oxygen atoms in total. The third-order valence-electron chi connectivity index (χ3n) is 3.67. The largest absolute Gasteiger partial charge is 0.321 e. The Morgan fingerprint density at radius 3 is 2.12 bits per heavy atom. The first kappa shape index (κ1) is 18.0. The molecule has 2 aromatic carbocycles. The summed E-state index contributed by atoms with van der Waals surface area (Å²) < 4.78 is 25.0. The van der Waals surface area contributed by atoms with Crippen molar-refractivity contribution in [1.29, 1.82) is 0 Å². The average molecular weight is 346 g/mol. The van der Waals surface area contributed by atoms with Gasteiger partial charge in [0.1, 0.15) is 0 Å². The van der Waals surface area contributed by atoms with Crippen molar-refractivity contribution < 1.29 is 13.2 Å². The van der Waals surface area contributed by atoms with E-state index >= 15 is 0 Å². The van der Waals surface area contributed by atoms with Crippen molar-refractivity contribution in [2.45, 2.75) is 26.7 Å². The predicted molar refractivity (Wildman–Crippen MR) is 98.1 cm³/mol. The molecule has 2 N–H and O–H groups in total. The molecule has 0 heterocycles. The zero-order valence-corrected chi connectivity index (χ0v) is 14.9. The molecule has 0 atom stereocenters. The first-order valence-electron chi connectivity index (χ1n) is 7.84. The van der Waals surface area contributed by atoms with Crippen molar-refractivity contribution in [3.8, 4) is 0 Å². The van der Waals surface area contributed by atoms with E-state index in [1.54, 1.807) is 18.2 Å². The van der Waals surface area contributed by atoms with Crippen LogP contribution >= 0.6 is 0 Å². The van der Waals surface area contributed by atoms with Crippen LogP contribution in [0.2, 0.25) is 0 Å². The van der Waals surface area contributed by atoms with Gasteiger partial charge in [-0.15, -0.1) is 0 Å². The van der Waals surface area contributed by atoms with Gasteiger partial charge in [0.05, 0.1) is 6.26 Å². The zero-order valence-electron chi connectivity index (χ0n) is 14.1. The minimum Gasteiger partial charge on any atom is -0.321 e. The van der Waals surface area contributed by atoms with Gasteiger partial charge in [-0.25, -0.2) is 8.42 Å². The van der Waals surface area contributed by atoms with Crippen LogP contribution in [-0.2, 0) is 22.9 Å². The quantitative estimate of drug-likeness (QED) is 0.841. The highest BCUT2D eigenvalue weighted by atomic mass is 32.2. The molecule has 0 aliphatic rings. The fourth-order valence-corrected chi connectivity index (χ4v) is 3.08. The van der Waals surface area contributed by atoms with Gasteiger partial charge in [0.25, 0.3) is 5.91 Å². The minimum absolute atomic E-state index is 0.261. The molecule has 24 heavy (non-hydrogen) atoms. The molecule has 0 saturated heterocycles. The van der Waals surface area contributed by atoms with Crippen LogP contribution in [0.3, 0.4) is 0 Å². The summed E-state index contributed by atoms with van der Waals surface area (Å²) in [5, 5.41) is 2.97. The van der Waals surface area contributed by atoms with E-state index in [-0.39, 0.29) is 5.91 Å². The maximum Gasteiger partial charge on any atom is 0.255 e. The number of nitrogens with one attached hydrogen (secondary N) is 2. The normalized spacial score (nSPS) is 11.1. The molecular formula is C18H22N2O3S. The number of hydrogen-bond donors (Lipinski definition) is 2. The average Bonchev–Trinajstić information content (AvgIpc) is 2.53. The van der Waals surface area contributed by atoms with Crippen molar-refractivity contribution in [3.05, 3.63) is 59.2 Å². The molecule has 0 aromatic heterocycles. The van der Waals surface area contributed by atoms with Crippen LogP contribution in [0, 0.1) is 0 Å². The number of hydrogen-bond acceptors (Lipinski definition) is 3. The number of sulfonamides is 1. The molecule has 0 unspecified atom stereocenters. The maximum atomic E-state index is 12.6. The van der Waals surface area contributed by atoms with E-state index in [1.165, 1.54) is 6.07 Å². The smallest absolute Gasteiger partial charge is 0.255 e. The van der Waals surface area contributed by atoms with E-state index in [9.17, 15) is 13.2 Å². The summed E-state index contributed by atoms with van der Waals surface area (Å²) in [5.74, 6) is -0.261. The van der Waals surface area contributed by atoms with Gasteiger partial charge >= 0.3 is 0 Å².